The second kappa shape index (κ2) is 5.24. The molecular formula is C20H21N3O. The molecule has 0 radical (unpaired) electrons. The van der Waals surface area contributed by atoms with Gasteiger partial charge in [0.25, 0.3) is 0 Å². The van der Waals surface area contributed by atoms with Crippen LogP contribution in [0.3, 0.4) is 0 Å². The number of H-pyrrole nitrogens is 1. The molecule has 4 heteroatoms. The first-order chi connectivity index (χ1) is 11.5. The quantitative estimate of drug-likeness (QED) is 0.753. The number of nitrogens with one attached hydrogen (secondary N) is 1. The number of aliphatic hydroxyl groups is 1. The van der Waals surface area contributed by atoms with Gasteiger partial charge >= 0.3 is 0 Å². The van der Waals surface area contributed by atoms with E-state index in [2.05, 4.69) is 28.9 Å². The van der Waals surface area contributed by atoms with E-state index in [0.717, 1.165) is 29.9 Å². The number of aryl methyl sites for hydroxylation is 1. The summed E-state index contributed by atoms with van der Waals surface area (Å²) in [5.41, 5.74) is 3.66. The molecule has 1 aromatic carbocycles. The van der Waals surface area contributed by atoms with Gasteiger partial charge in [0.05, 0.1) is 18.0 Å². The fourth-order valence-electron chi connectivity index (χ4n) is 4.59. The van der Waals surface area contributed by atoms with Gasteiger partial charge in [0.2, 0.25) is 5.70 Å². The molecule has 2 aliphatic carbocycles. The molecule has 3 atom stereocenters. The number of imidazole rings is 1. The summed E-state index contributed by atoms with van der Waals surface area (Å²) >= 11 is 0. The summed E-state index contributed by atoms with van der Waals surface area (Å²) in [5.74, 6) is 1.52. The van der Waals surface area contributed by atoms with E-state index in [1.807, 2.05) is 25.1 Å². The third-order valence-electron chi connectivity index (χ3n) is 5.89. The first kappa shape index (κ1) is 15.0. The molecule has 0 aliphatic heterocycles. The third-order valence-corrected chi connectivity index (χ3v) is 5.89. The number of allylic oxidation sites excluding steroid dienone is 2. The lowest BCUT2D eigenvalue weighted by atomic mass is 9.58. The zero-order chi connectivity index (χ0) is 16.9. The summed E-state index contributed by atoms with van der Waals surface area (Å²) in [6.07, 6.45) is 2.53. The number of aromatic nitrogens is 2. The van der Waals surface area contributed by atoms with E-state index in [1.165, 1.54) is 5.69 Å². The van der Waals surface area contributed by atoms with Crippen molar-refractivity contribution in [3.63, 3.8) is 0 Å². The fraction of sp³-hybridized carbons (Fsp3) is 0.400. The number of fused-ring (bicyclic) bond motifs is 3. The van der Waals surface area contributed by atoms with Gasteiger partial charge in [-0.3, -0.25) is 0 Å². The summed E-state index contributed by atoms with van der Waals surface area (Å²) in [6, 6.07) is 10.2. The average molecular weight is 319 g/mol. The van der Waals surface area contributed by atoms with E-state index < -0.39 is 0 Å². The van der Waals surface area contributed by atoms with Crippen molar-refractivity contribution in [2.45, 2.75) is 38.5 Å². The Kier molecular flexibility index (Phi) is 3.28. The smallest absolute Gasteiger partial charge is 0.203 e. The molecular weight excluding hydrogens is 298 g/mol. The van der Waals surface area contributed by atoms with Crippen molar-refractivity contribution in [3.8, 4) is 11.4 Å². The molecule has 0 spiro atoms. The Balaban J connectivity index is 1.83. The maximum atomic E-state index is 10.4. The van der Waals surface area contributed by atoms with Gasteiger partial charge in [-0.1, -0.05) is 44.2 Å². The highest BCUT2D eigenvalue weighted by Crippen LogP contribution is 2.53. The number of aliphatic hydroxyl groups excluding tert-OH is 1. The molecule has 122 valence electrons. The van der Waals surface area contributed by atoms with Gasteiger partial charge in [-0.25, -0.2) is 9.83 Å². The Bertz CT molecular complexity index is 859. The van der Waals surface area contributed by atoms with Gasteiger partial charge in [0.1, 0.15) is 5.82 Å². The maximum Gasteiger partial charge on any atom is 0.203 e. The molecule has 0 amide bonds. The minimum absolute atomic E-state index is 0.0119. The summed E-state index contributed by atoms with van der Waals surface area (Å²) in [6.45, 7) is 11.7. The number of hydrogen-bond acceptors (Lipinski definition) is 2. The van der Waals surface area contributed by atoms with Crippen molar-refractivity contribution in [3.05, 3.63) is 64.6 Å². The molecule has 1 aromatic heterocycles. The van der Waals surface area contributed by atoms with E-state index >= 15 is 0 Å². The molecule has 0 unspecified atom stereocenters. The highest BCUT2D eigenvalue weighted by atomic mass is 16.3. The summed E-state index contributed by atoms with van der Waals surface area (Å²) in [4.78, 5) is 12.0. The molecule has 24 heavy (non-hydrogen) atoms. The van der Waals surface area contributed by atoms with Crippen LogP contribution >= 0.6 is 0 Å². The van der Waals surface area contributed by atoms with Gasteiger partial charge in [0, 0.05) is 22.6 Å². The largest absolute Gasteiger partial charge is 0.523 e. The second-order valence-corrected chi connectivity index (χ2v) is 7.25. The molecule has 0 bridgehead atoms. The Morgan fingerprint density at radius 3 is 2.79 bits per heavy atom. The molecule has 0 saturated carbocycles. The normalized spacial score (nSPS) is 28.9. The third kappa shape index (κ3) is 2.01. The Morgan fingerprint density at radius 2 is 2.08 bits per heavy atom. The number of aromatic amines is 1. The topological polar surface area (TPSA) is 53.3 Å². The predicted molar refractivity (Wildman–Crippen MR) is 93.2 cm³/mol. The highest BCUT2D eigenvalue weighted by Gasteiger charge is 2.50. The van der Waals surface area contributed by atoms with Crippen LogP contribution < -0.4 is 0 Å². The van der Waals surface area contributed by atoms with Crippen LogP contribution in [0.2, 0.25) is 0 Å². The molecule has 0 saturated heterocycles. The minimum atomic E-state index is -0.192. The van der Waals surface area contributed by atoms with Crippen LogP contribution in [0.15, 0.2) is 41.8 Å². The van der Waals surface area contributed by atoms with E-state index in [-0.39, 0.29) is 17.1 Å². The van der Waals surface area contributed by atoms with Crippen molar-refractivity contribution in [2.75, 3.05) is 0 Å². The monoisotopic (exact) mass is 319 g/mol. The van der Waals surface area contributed by atoms with Crippen LogP contribution in [0, 0.1) is 18.4 Å². The van der Waals surface area contributed by atoms with Gasteiger partial charge in [-0.2, -0.15) is 0 Å². The lowest BCUT2D eigenvalue weighted by Gasteiger charge is -2.46. The predicted octanol–water partition coefficient (Wildman–Crippen LogP) is 4.63. The van der Waals surface area contributed by atoms with E-state index in [4.69, 9.17) is 11.6 Å². The highest BCUT2D eigenvalue weighted by molar-refractivity contribution is 5.57. The molecule has 4 nitrogen and oxygen atoms in total. The van der Waals surface area contributed by atoms with Crippen molar-refractivity contribution < 1.29 is 5.11 Å². The van der Waals surface area contributed by atoms with Crippen molar-refractivity contribution >= 4 is 0 Å². The summed E-state index contributed by atoms with van der Waals surface area (Å²) in [7, 11) is 0. The molecule has 1 heterocycles. The van der Waals surface area contributed by atoms with E-state index in [0.29, 0.717) is 18.0 Å². The number of benzene rings is 1. The lowest BCUT2D eigenvalue weighted by molar-refractivity contribution is 0.135. The molecule has 2 aromatic rings. The van der Waals surface area contributed by atoms with Gasteiger partial charge in [-0.05, 0) is 25.2 Å². The van der Waals surface area contributed by atoms with Crippen LogP contribution in [-0.4, -0.2) is 15.1 Å². The standard InChI is InChI=1S/C20H21N3O/c1-12-14-9-10-15-18(20(14,2)11-16(21-3)17(12)24)23-19(22-15)13-7-5-4-6-8-13/h4-8,12,14,24H,9-11H2,1-2H3,(H,22,23)/t12-,14-,20-/m0/s1. The molecule has 0 fully saturated rings. The van der Waals surface area contributed by atoms with Crippen molar-refractivity contribution in [1.82, 2.24) is 9.97 Å². The van der Waals surface area contributed by atoms with Gasteiger partial charge < -0.3 is 10.1 Å². The lowest BCUT2D eigenvalue weighted by Crippen LogP contribution is -2.44. The van der Waals surface area contributed by atoms with Crippen molar-refractivity contribution in [1.29, 1.82) is 0 Å². The van der Waals surface area contributed by atoms with Gasteiger partial charge in [0.15, 0.2) is 0 Å². The van der Waals surface area contributed by atoms with Gasteiger partial charge in [-0.15, -0.1) is 0 Å². The van der Waals surface area contributed by atoms with Crippen LogP contribution in [0.5, 0.6) is 0 Å². The van der Waals surface area contributed by atoms with Crippen LogP contribution in [-0.2, 0) is 11.8 Å². The van der Waals surface area contributed by atoms with Crippen molar-refractivity contribution in [2.24, 2.45) is 11.8 Å². The molecule has 2 aliphatic rings. The Morgan fingerprint density at radius 1 is 1.33 bits per heavy atom. The summed E-state index contributed by atoms with van der Waals surface area (Å²) < 4.78 is 0. The molecule has 4 rings (SSSR count). The van der Waals surface area contributed by atoms with E-state index in [9.17, 15) is 5.11 Å². The number of nitrogens with zero attached hydrogens (tertiary/aromatic N) is 2. The average Bonchev–Trinajstić information content (AvgIpc) is 3.05. The number of rotatable bonds is 1. The summed E-state index contributed by atoms with van der Waals surface area (Å²) in [5, 5.41) is 10.4. The second-order valence-electron chi connectivity index (χ2n) is 7.25. The fourth-order valence-corrected chi connectivity index (χ4v) is 4.59. The first-order valence-electron chi connectivity index (χ1n) is 8.49. The first-order valence-corrected chi connectivity index (χ1v) is 8.49. The van der Waals surface area contributed by atoms with Crippen LogP contribution in [0.4, 0.5) is 0 Å². The van der Waals surface area contributed by atoms with Crippen LogP contribution in [0.25, 0.3) is 16.2 Å². The maximum absolute atomic E-state index is 10.4. The minimum Gasteiger partial charge on any atom is -0.523 e. The van der Waals surface area contributed by atoms with Crippen LogP contribution in [0.1, 0.15) is 38.1 Å². The van der Waals surface area contributed by atoms with E-state index in [1.54, 1.807) is 0 Å². The zero-order valence-electron chi connectivity index (χ0n) is 14.0. The number of hydrogen-bond donors (Lipinski definition) is 2. The SMILES string of the molecule is [C-]#[N+]C1=C(O)[C@@H](C)[C@@H]2CCc3[nH]c(-c4ccccc4)nc3[C@@]2(C)C1. The Labute approximate surface area is 142 Å². The zero-order valence-corrected chi connectivity index (χ0v) is 14.0. The molecule has 2 N–H and O–H groups in total. The Hall–Kier alpha value is -2.54.